The van der Waals surface area contributed by atoms with Crippen molar-refractivity contribution in [2.75, 3.05) is 7.11 Å². The Labute approximate surface area is 118 Å². The highest BCUT2D eigenvalue weighted by molar-refractivity contribution is 5.97. The van der Waals surface area contributed by atoms with Crippen LogP contribution in [0.25, 0.3) is 0 Å². The number of benzene rings is 1. The van der Waals surface area contributed by atoms with Crippen LogP contribution in [0.5, 0.6) is 0 Å². The Kier molecular flexibility index (Phi) is 5.70. The summed E-state index contributed by atoms with van der Waals surface area (Å²) in [5.41, 5.74) is 0.156. The molecule has 1 aromatic rings. The first-order valence-electron chi connectivity index (χ1n) is 6.56. The molecule has 0 aliphatic carbocycles. The monoisotopic (exact) mass is 279 g/mol. The van der Waals surface area contributed by atoms with Crippen molar-refractivity contribution in [2.24, 2.45) is 0 Å². The van der Waals surface area contributed by atoms with Crippen LogP contribution in [0.1, 0.15) is 42.6 Å². The molecule has 1 unspecified atom stereocenters. The van der Waals surface area contributed by atoms with E-state index in [9.17, 15) is 14.7 Å². The van der Waals surface area contributed by atoms with Crippen LogP contribution in [0.15, 0.2) is 24.3 Å². The number of carboxylic acid groups (broad SMARTS) is 1. The molecule has 0 aliphatic rings. The van der Waals surface area contributed by atoms with E-state index in [0.717, 1.165) is 5.56 Å². The summed E-state index contributed by atoms with van der Waals surface area (Å²) in [6, 6.07) is 6.91. The molecule has 0 saturated heterocycles. The molecule has 0 saturated carbocycles. The number of hydrogen-bond donors (Lipinski definition) is 2. The van der Waals surface area contributed by atoms with Crippen molar-refractivity contribution in [2.45, 2.75) is 38.8 Å². The highest BCUT2D eigenvalue weighted by Crippen LogP contribution is 2.14. The second kappa shape index (κ2) is 7.05. The molecule has 0 aliphatic heterocycles. The third kappa shape index (κ3) is 4.06. The topological polar surface area (TPSA) is 75.6 Å². The second-order valence-corrected chi connectivity index (χ2v) is 4.97. The molecule has 0 heterocycles. The van der Waals surface area contributed by atoms with Gasteiger partial charge in [0.1, 0.15) is 5.54 Å². The molecule has 2 N–H and O–H groups in total. The zero-order chi connectivity index (χ0) is 15.2. The summed E-state index contributed by atoms with van der Waals surface area (Å²) in [6.45, 7) is 3.88. The minimum atomic E-state index is -1.24. The zero-order valence-electron chi connectivity index (χ0n) is 12.1. The smallest absolute Gasteiger partial charge is 0.329 e. The number of carboxylic acids is 1. The van der Waals surface area contributed by atoms with Crippen molar-refractivity contribution >= 4 is 11.9 Å². The Morgan fingerprint density at radius 3 is 2.35 bits per heavy atom. The molecule has 5 nitrogen and oxygen atoms in total. The Morgan fingerprint density at radius 1 is 1.30 bits per heavy atom. The van der Waals surface area contributed by atoms with Gasteiger partial charge in [0.05, 0.1) is 6.61 Å². The van der Waals surface area contributed by atoms with Gasteiger partial charge in [-0.25, -0.2) is 4.79 Å². The number of ether oxygens (including phenoxy) is 1. The standard InChI is InChI=1S/C15H21NO4/c1-4-9-15(2,14(18)19)16-13(17)12-7-5-11(6-8-12)10-20-3/h5-8H,4,9-10H2,1-3H3,(H,16,17)(H,18,19). The van der Waals surface area contributed by atoms with E-state index in [0.29, 0.717) is 25.0 Å². The lowest BCUT2D eigenvalue weighted by molar-refractivity contribution is -0.144. The SMILES string of the molecule is CCCC(C)(NC(=O)c1ccc(COC)cc1)C(=O)O. The first-order valence-corrected chi connectivity index (χ1v) is 6.56. The lowest BCUT2D eigenvalue weighted by Gasteiger charge is -2.25. The maximum Gasteiger partial charge on any atom is 0.329 e. The molecule has 1 atom stereocenters. The van der Waals surface area contributed by atoms with E-state index in [1.165, 1.54) is 6.92 Å². The van der Waals surface area contributed by atoms with Crippen molar-refractivity contribution in [3.05, 3.63) is 35.4 Å². The number of methoxy groups -OCH3 is 1. The van der Waals surface area contributed by atoms with Crippen LogP contribution in [0.2, 0.25) is 0 Å². The number of carbonyl (C=O) groups excluding carboxylic acids is 1. The van der Waals surface area contributed by atoms with Crippen LogP contribution < -0.4 is 5.32 Å². The highest BCUT2D eigenvalue weighted by Gasteiger charge is 2.33. The largest absolute Gasteiger partial charge is 0.480 e. The first kappa shape index (κ1) is 16.2. The fraction of sp³-hybridized carbons (Fsp3) is 0.467. The van der Waals surface area contributed by atoms with E-state index in [2.05, 4.69) is 5.32 Å². The Hall–Kier alpha value is -1.88. The lowest BCUT2D eigenvalue weighted by Crippen LogP contribution is -2.52. The van der Waals surface area contributed by atoms with E-state index < -0.39 is 11.5 Å². The van der Waals surface area contributed by atoms with Gasteiger partial charge in [0.15, 0.2) is 0 Å². The van der Waals surface area contributed by atoms with Crippen molar-refractivity contribution in [1.29, 1.82) is 0 Å². The van der Waals surface area contributed by atoms with Crippen molar-refractivity contribution in [3.63, 3.8) is 0 Å². The molecule has 110 valence electrons. The predicted octanol–water partition coefficient (Wildman–Crippen LogP) is 2.21. The van der Waals surface area contributed by atoms with Gasteiger partial charge in [0, 0.05) is 12.7 Å². The van der Waals surface area contributed by atoms with E-state index in [-0.39, 0.29) is 5.91 Å². The fourth-order valence-electron chi connectivity index (χ4n) is 1.96. The van der Waals surface area contributed by atoms with Gasteiger partial charge in [-0.05, 0) is 31.0 Å². The van der Waals surface area contributed by atoms with Gasteiger partial charge in [-0.3, -0.25) is 4.79 Å². The number of amides is 1. The summed E-state index contributed by atoms with van der Waals surface area (Å²) in [4.78, 5) is 23.4. The zero-order valence-corrected chi connectivity index (χ0v) is 12.1. The van der Waals surface area contributed by atoms with E-state index in [1.54, 1.807) is 31.4 Å². The Balaban J connectivity index is 2.81. The molecule has 0 bridgehead atoms. The van der Waals surface area contributed by atoms with Gasteiger partial charge in [-0.15, -0.1) is 0 Å². The minimum absolute atomic E-state index is 0.382. The average molecular weight is 279 g/mol. The summed E-state index contributed by atoms with van der Waals surface area (Å²) < 4.78 is 4.99. The number of hydrogen-bond acceptors (Lipinski definition) is 3. The number of nitrogens with one attached hydrogen (secondary N) is 1. The molecule has 5 heteroatoms. The van der Waals surface area contributed by atoms with Gasteiger partial charge < -0.3 is 15.2 Å². The summed E-state index contributed by atoms with van der Waals surface area (Å²) >= 11 is 0. The molecule has 1 aromatic carbocycles. The number of rotatable bonds is 7. The van der Waals surface area contributed by atoms with Crippen LogP contribution in [0.3, 0.4) is 0 Å². The third-order valence-electron chi connectivity index (χ3n) is 3.14. The molecule has 0 spiro atoms. The number of aliphatic carboxylic acids is 1. The molecule has 1 amide bonds. The van der Waals surface area contributed by atoms with E-state index >= 15 is 0 Å². The van der Waals surface area contributed by atoms with Gasteiger partial charge in [-0.1, -0.05) is 25.5 Å². The van der Waals surface area contributed by atoms with Crippen LogP contribution in [-0.4, -0.2) is 29.6 Å². The summed E-state index contributed by atoms with van der Waals surface area (Å²) in [7, 11) is 1.60. The normalized spacial score (nSPS) is 13.6. The molecule has 0 radical (unpaired) electrons. The van der Waals surface area contributed by atoms with Gasteiger partial charge in [0.2, 0.25) is 0 Å². The van der Waals surface area contributed by atoms with Crippen LogP contribution in [-0.2, 0) is 16.1 Å². The highest BCUT2D eigenvalue weighted by atomic mass is 16.5. The summed E-state index contributed by atoms with van der Waals surface area (Å²) in [6.07, 6.45) is 1.06. The molecular formula is C15H21NO4. The van der Waals surface area contributed by atoms with E-state index in [1.807, 2.05) is 6.92 Å². The second-order valence-electron chi connectivity index (χ2n) is 4.97. The summed E-state index contributed by atoms with van der Waals surface area (Å²) in [5, 5.41) is 11.8. The average Bonchev–Trinajstić information content (AvgIpc) is 2.40. The summed E-state index contributed by atoms with van der Waals surface area (Å²) in [5.74, 6) is -1.41. The molecular weight excluding hydrogens is 258 g/mol. The van der Waals surface area contributed by atoms with Crippen molar-refractivity contribution in [3.8, 4) is 0 Å². The number of carbonyl (C=O) groups is 2. The molecule has 20 heavy (non-hydrogen) atoms. The molecule has 0 fully saturated rings. The minimum Gasteiger partial charge on any atom is -0.480 e. The third-order valence-corrected chi connectivity index (χ3v) is 3.14. The van der Waals surface area contributed by atoms with Crippen LogP contribution >= 0.6 is 0 Å². The quantitative estimate of drug-likeness (QED) is 0.802. The van der Waals surface area contributed by atoms with Gasteiger partial charge in [0.25, 0.3) is 5.91 Å². The Morgan fingerprint density at radius 2 is 1.90 bits per heavy atom. The molecule has 1 rings (SSSR count). The van der Waals surface area contributed by atoms with Crippen molar-refractivity contribution < 1.29 is 19.4 Å². The predicted molar refractivity (Wildman–Crippen MR) is 75.6 cm³/mol. The van der Waals surface area contributed by atoms with Crippen LogP contribution in [0.4, 0.5) is 0 Å². The maximum absolute atomic E-state index is 12.1. The van der Waals surface area contributed by atoms with Gasteiger partial charge in [-0.2, -0.15) is 0 Å². The maximum atomic E-state index is 12.1. The lowest BCUT2D eigenvalue weighted by atomic mass is 9.95. The van der Waals surface area contributed by atoms with E-state index in [4.69, 9.17) is 4.74 Å². The van der Waals surface area contributed by atoms with Crippen LogP contribution in [0, 0.1) is 0 Å². The van der Waals surface area contributed by atoms with Crippen molar-refractivity contribution in [1.82, 2.24) is 5.32 Å². The first-order chi connectivity index (χ1) is 9.42. The fourth-order valence-corrected chi connectivity index (χ4v) is 1.96. The molecule has 0 aromatic heterocycles. The Bertz CT molecular complexity index is 469. The van der Waals surface area contributed by atoms with Gasteiger partial charge >= 0.3 is 5.97 Å².